The molecule has 5 heteroatoms. The molecular weight excluding hydrogens is 374 g/mol. The summed E-state index contributed by atoms with van der Waals surface area (Å²) in [5.74, 6) is 0.862. The van der Waals surface area contributed by atoms with Crippen LogP contribution in [0.3, 0.4) is 0 Å². The molecule has 3 N–H and O–H groups in total. The molecule has 0 aliphatic heterocycles. The van der Waals surface area contributed by atoms with Crippen LogP contribution < -0.4 is 11.1 Å². The highest BCUT2D eigenvalue weighted by Gasteiger charge is 2.32. The third-order valence-electron chi connectivity index (χ3n) is 7.47. The summed E-state index contributed by atoms with van der Waals surface area (Å²) < 4.78 is 0. The number of rotatable bonds is 6. The molecule has 1 aromatic rings. The molecule has 0 spiro atoms. The molecular formula is C25H37N3O2. The Bertz CT molecular complexity index is 714. The standard InChI is InChI=1S/C25H37N3O2/c26-21-11-15-23(16-12-21)28(25(30)20-5-2-1-3-6-20)17-18-9-13-22(14-10-18)27-24(29)19-7-4-8-19/h9-10,13-14,19-21,23H,1-8,11-12,15-17,26H2,(H,27,29). The maximum absolute atomic E-state index is 13.4. The van der Waals surface area contributed by atoms with Gasteiger partial charge < -0.3 is 16.0 Å². The number of nitrogens with zero attached hydrogens (tertiary/aromatic N) is 1. The van der Waals surface area contributed by atoms with Crippen molar-refractivity contribution in [3.63, 3.8) is 0 Å². The maximum atomic E-state index is 13.4. The van der Waals surface area contributed by atoms with Gasteiger partial charge in [0, 0.05) is 36.2 Å². The predicted molar refractivity (Wildman–Crippen MR) is 120 cm³/mol. The number of benzene rings is 1. The smallest absolute Gasteiger partial charge is 0.227 e. The molecule has 0 radical (unpaired) electrons. The minimum Gasteiger partial charge on any atom is -0.335 e. The fourth-order valence-corrected chi connectivity index (χ4v) is 5.19. The van der Waals surface area contributed by atoms with Crippen LogP contribution in [0.4, 0.5) is 5.69 Å². The van der Waals surface area contributed by atoms with Crippen LogP contribution in [0.5, 0.6) is 0 Å². The summed E-state index contributed by atoms with van der Waals surface area (Å²) >= 11 is 0. The van der Waals surface area contributed by atoms with E-state index in [9.17, 15) is 9.59 Å². The minimum absolute atomic E-state index is 0.140. The van der Waals surface area contributed by atoms with Crippen molar-refractivity contribution in [1.29, 1.82) is 0 Å². The topological polar surface area (TPSA) is 75.4 Å². The monoisotopic (exact) mass is 411 g/mol. The Morgan fingerprint density at radius 2 is 1.47 bits per heavy atom. The number of nitrogens with two attached hydrogens (primary N) is 1. The molecule has 0 bridgehead atoms. The van der Waals surface area contributed by atoms with Gasteiger partial charge in [0.15, 0.2) is 0 Å². The van der Waals surface area contributed by atoms with Gasteiger partial charge in [-0.3, -0.25) is 9.59 Å². The van der Waals surface area contributed by atoms with Crippen LogP contribution in [-0.4, -0.2) is 28.8 Å². The van der Waals surface area contributed by atoms with Crippen LogP contribution in [0.1, 0.15) is 82.6 Å². The van der Waals surface area contributed by atoms with E-state index in [1.54, 1.807) is 0 Å². The van der Waals surface area contributed by atoms with Gasteiger partial charge in [0.2, 0.25) is 11.8 Å². The molecule has 0 atom stereocenters. The van der Waals surface area contributed by atoms with Crippen LogP contribution in [0.25, 0.3) is 0 Å². The van der Waals surface area contributed by atoms with Crippen molar-refractivity contribution in [3.05, 3.63) is 29.8 Å². The van der Waals surface area contributed by atoms with Gasteiger partial charge in [-0.25, -0.2) is 0 Å². The number of carbonyl (C=O) groups is 2. The van der Waals surface area contributed by atoms with Crippen molar-refractivity contribution in [1.82, 2.24) is 4.90 Å². The van der Waals surface area contributed by atoms with E-state index < -0.39 is 0 Å². The molecule has 4 rings (SSSR count). The molecule has 0 heterocycles. The molecule has 0 aromatic heterocycles. The molecule has 0 unspecified atom stereocenters. The van der Waals surface area contributed by atoms with Gasteiger partial charge in [-0.1, -0.05) is 37.8 Å². The zero-order valence-electron chi connectivity index (χ0n) is 18.2. The highest BCUT2D eigenvalue weighted by molar-refractivity contribution is 5.93. The predicted octanol–water partition coefficient (Wildman–Crippen LogP) is 4.60. The van der Waals surface area contributed by atoms with Crippen molar-refractivity contribution in [2.24, 2.45) is 17.6 Å². The highest BCUT2D eigenvalue weighted by atomic mass is 16.2. The van der Waals surface area contributed by atoms with Gasteiger partial charge in [-0.15, -0.1) is 0 Å². The maximum Gasteiger partial charge on any atom is 0.227 e. The lowest BCUT2D eigenvalue weighted by molar-refractivity contribution is -0.140. The summed E-state index contributed by atoms with van der Waals surface area (Å²) in [4.78, 5) is 27.8. The summed E-state index contributed by atoms with van der Waals surface area (Å²) in [6, 6.07) is 8.67. The second-order valence-electron chi connectivity index (χ2n) is 9.68. The third-order valence-corrected chi connectivity index (χ3v) is 7.47. The molecule has 3 aliphatic rings. The lowest BCUT2D eigenvalue weighted by atomic mass is 9.85. The molecule has 2 amide bonds. The van der Waals surface area contributed by atoms with Gasteiger partial charge in [0.1, 0.15) is 0 Å². The molecule has 3 saturated carbocycles. The van der Waals surface area contributed by atoms with E-state index in [0.29, 0.717) is 18.5 Å². The second kappa shape index (κ2) is 9.95. The summed E-state index contributed by atoms with van der Waals surface area (Å²) in [5, 5.41) is 3.03. The van der Waals surface area contributed by atoms with E-state index in [1.807, 2.05) is 12.1 Å². The van der Waals surface area contributed by atoms with Gasteiger partial charge in [-0.05, 0) is 69.1 Å². The van der Waals surface area contributed by atoms with Gasteiger partial charge in [0.25, 0.3) is 0 Å². The normalized spacial score (nSPS) is 25.4. The van der Waals surface area contributed by atoms with Crippen LogP contribution in [-0.2, 0) is 16.1 Å². The number of amides is 2. The number of nitrogens with one attached hydrogen (secondary N) is 1. The molecule has 5 nitrogen and oxygen atoms in total. The van der Waals surface area contributed by atoms with E-state index in [1.165, 1.54) is 19.3 Å². The Morgan fingerprint density at radius 1 is 0.833 bits per heavy atom. The summed E-state index contributed by atoms with van der Waals surface area (Å²) in [7, 11) is 0. The van der Waals surface area contributed by atoms with Crippen LogP contribution in [0.15, 0.2) is 24.3 Å². The molecule has 3 fully saturated rings. The van der Waals surface area contributed by atoms with Gasteiger partial charge >= 0.3 is 0 Å². The molecule has 164 valence electrons. The fraction of sp³-hybridized carbons (Fsp3) is 0.680. The van der Waals surface area contributed by atoms with Gasteiger partial charge in [0.05, 0.1) is 0 Å². The van der Waals surface area contributed by atoms with Crippen molar-refractivity contribution in [2.45, 2.75) is 95.7 Å². The quantitative estimate of drug-likeness (QED) is 0.718. The molecule has 30 heavy (non-hydrogen) atoms. The molecule has 1 aromatic carbocycles. The van der Waals surface area contributed by atoms with Crippen molar-refractivity contribution in [3.8, 4) is 0 Å². The van der Waals surface area contributed by atoms with Crippen molar-refractivity contribution < 1.29 is 9.59 Å². The van der Waals surface area contributed by atoms with E-state index in [-0.39, 0.29) is 23.8 Å². The van der Waals surface area contributed by atoms with Crippen molar-refractivity contribution >= 4 is 17.5 Å². The Hall–Kier alpha value is -1.88. The zero-order chi connectivity index (χ0) is 20.9. The Balaban J connectivity index is 1.42. The van der Waals surface area contributed by atoms with Crippen LogP contribution in [0.2, 0.25) is 0 Å². The Labute approximate surface area is 180 Å². The first kappa shape index (κ1) is 21.4. The van der Waals surface area contributed by atoms with E-state index >= 15 is 0 Å². The first-order valence-corrected chi connectivity index (χ1v) is 12.1. The summed E-state index contributed by atoms with van der Waals surface area (Å²) in [6.45, 7) is 0.659. The number of carbonyl (C=O) groups excluding carboxylic acids is 2. The van der Waals surface area contributed by atoms with E-state index in [0.717, 1.165) is 69.0 Å². The minimum atomic E-state index is 0.140. The SMILES string of the molecule is NC1CCC(N(Cc2ccc(NC(=O)C3CCC3)cc2)C(=O)C2CCCCC2)CC1. The van der Waals surface area contributed by atoms with E-state index in [2.05, 4.69) is 22.3 Å². The summed E-state index contributed by atoms with van der Waals surface area (Å²) in [5.41, 5.74) is 8.11. The Kier molecular flexibility index (Phi) is 7.08. The zero-order valence-corrected chi connectivity index (χ0v) is 18.2. The largest absolute Gasteiger partial charge is 0.335 e. The average molecular weight is 412 g/mol. The number of hydrogen-bond acceptors (Lipinski definition) is 3. The fourth-order valence-electron chi connectivity index (χ4n) is 5.19. The highest BCUT2D eigenvalue weighted by Crippen LogP contribution is 2.31. The summed E-state index contributed by atoms with van der Waals surface area (Å²) in [6.07, 6.45) is 12.9. The Morgan fingerprint density at radius 3 is 2.07 bits per heavy atom. The van der Waals surface area contributed by atoms with Crippen LogP contribution in [0, 0.1) is 11.8 Å². The first-order chi connectivity index (χ1) is 14.6. The number of hydrogen-bond donors (Lipinski definition) is 2. The first-order valence-electron chi connectivity index (χ1n) is 12.1. The third kappa shape index (κ3) is 5.23. The molecule has 0 saturated heterocycles. The van der Waals surface area contributed by atoms with Crippen LogP contribution >= 0.6 is 0 Å². The average Bonchev–Trinajstić information content (AvgIpc) is 2.73. The van der Waals surface area contributed by atoms with Crippen molar-refractivity contribution in [2.75, 3.05) is 5.32 Å². The van der Waals surface area contributed by atoms with E-state index in [4.69, 9.17) is 5.73 Å². The van der Waals surface area contributed by atoms with Gasteiger partial charge in [-0.2, -0.15) is 0 Å². The molecule has 3 aliphatic carbocycles. The number of anilines is 1. The lowest BCUT2D eigenvalue weighted by Gasteiger charge is -2.39. The second-order valence-corrected chi connectivity index (χ2v) is 9.68. The lowest BCUT2D eigenvalue weighted by Crippen LogP contribution is -2.46.